The van der Waals surface area contributed by atoms with Gasteiger partial charge in [-0.3, -0.25) is 9.59 Å². The molecule has 32 heavy (non-hydrogen) atoms. The number of ketones is 1. The maximum absolute atomic E-state index is 13.1. The SMILES string of the molecule is CC1C=CC(C[C@@H]2NC(=O)C3CN(C(=O)Nc4cccc5ccccc45)CCC3C2=O)=C1. The van der Waals surface area contributed by atoms with E-state index in [1.54, 1.807) is 4.90 Å². The Bertz CT molecular complexity index is 1150. The van der Waals surface area contributed by atoms with Gasteiger partial charge in [-0.2, -0.15) is 0 Å². The first kappa shape index (κ1) is 20.5. The molecule has 2 aromatic rings. The van der Waals surface area contributed by atoms with Crippen molar-refractivity contribution in [1.82, 2.24) is 10.2 Å². The molecule has 2 saturated heterocycles. The Hall–Kier alpha value is -3.41. The molecular weight excluding hydrogens is 402 g/mol. The number of amides is 3. The summed E-state index contributed by atoms with van der Waals surface area (Å²) < 4.78 is 0. The second kappa shape index (κ2) is 8.26. The van der Waals surface area contributed by atoms with E-state index >= 15 is 0 Å². The quantitative estimate of drug-likeness (QED) is 0.777. The Morgan fingerprint density at radius 2 is 1.94 bits per heavy atom. The normalized spacial score (nSPS) is 27.2. The lowest BCUT2D eigenvalue weighted by molar-refractivity contribution is -0.144. The van der Waals surface area contributed by atoms with Crippen LogP contribution in [0, 0.1) is 17.8 Å². The molecule has 164 valence electrons. The Kier molecular flexibility index (Phi) is 5.29. The summed E-state index contributed by atoms with van der Waals surface area (Å²) in [5.41, 5.74) is 1.84. The van der Waals surface area contributed by atoms with Crippen molar-refractivity contribution in [3.05, 3.63) is 66.3 Å². The second-order valence-corrected chi connectivity index (χ2v) is 9.03. The Labute approximate surface area is 187 Å². The molecule has 5 rings (SSSR count). The van der Waals surface area contributed by atoms with Crippen LogP contribution >= 0.6 is 0 Å². The number of likely N-dealkylation sites (tertiary alicyclic amines) is 1. The van der Waals surface area contributed by atoms with Crippen molar-refractivity contribution in [2.24, 2.45) is 17.8 Å². The van der Waals surface area contributed by atoms with Gasteiger partial charge in [-0.05, 0) is 35.8 Å². The molecule has 6 heteroatoms. The number of carbonyl (C=O) groups is 3. The summed E-state index contributed by atoms with van der Waals surface area (Å²) in [4.78, 5) is 40.6. The highest BCUT2D eigenvalue weighted by molar-refractivity contribution is 6.02. The van der Waals surface area contributed by atoms with Crippen molar-refractivity contribution < 1.29 is 14.4 Å². The zero-order chi connectivity index (χ0) is 22.2. The van der Waals surface area contributed by atoms with Crippen molar-refractivity contribution in [2.75, 3.05) is 18.4 Å². The molecule has 2 fully saturated rings. The fourth-order valence-corrected chi connectivity index (χ4v) is 5.13. The average molecular weight is 430 g/mol. The number of benzene rings is 2. The molecule has 3 aliphatic rings. The van der Waals surface area contributed by atoms with E-state index in [-0.39, 0.29) is 30.2 Å². The number of allylic oxidation sites excluding steroid dienone is 3. The van der Waals surface area contributed by atoms with Crippen LogP contribution in [-0.2, 0) is 9.59 Å². The molecule has 3 unspecified atom stereocenters. The minimum atomic E-state index is -0.488. The van der Waals surface area contributed by atoms with Crippen LogP contribution in [-0.4, -0.2) is 41.8 Å². The van der Waals surface area contributed by atoms with E-state index in [9.17, 15) is 14.4 Å². The van der Waals surface area contributed by atoms with Gasteiger partial charge in [0.1, 0.15) is 0 Å². The minimum absolute atomic E-state index is 0.0950. The van der Waals surface area contributed by atoms with E-state index in [1.807, 2.05) is 48.5 Å². The molecule has 1 aliphatic carbocycles. The second-order valence-electron chi connectivity index (χ2n) is 9.03. The van der Waals surface area contributed by atoms with Gasteiger partial charge in [0.2, 0.25) is 5.91 Å². The Morgan fingerprint density at radius 1 is 1.12 bits per heavy atom. The number of hydrogen-bond acceptors (Lipinski definition) is 3. The highest BCUT2D eigenvalue weighted by Crippen LogP contribution is 2.32. The fraction of sp³-hybridized carbons (Fsp3) is 0.346. The molecule has 0 spiro atoms. The van der Waals surface area contributed by atoms with Gasteiger partial charge in [0.05, 0.1) is 17.6 Å². The summed E-state index contributed by atoms with van der Waals surface area (Å²) in [6, 6.07) is 13.0. The lowest BCUT2D eigenvalue weighted by atomic mass is 9.75. The summed E-state index contributed by atoms with van der Waals surface area (Å²) >= 11 is 0. The van der Waals surface area contributed by atoms with Crippen LogP contribution in [0.1, 0.15) is 19.8 Å². The number of rotatable bonds is 3. The third-order valence-electron chi connectivity index (χ3n) is 6.82. The monoisotopic (exact) mass is 429 g/mol. The number of piperidine rings is 2. The van der Waals surface area contributed by atoms with Gasteiger partial charge in [-0.1, -0.05) is 61.5 Å². The molecule has 2 aromatic carbocycles. The van der Waals surface area contributed by atoms with Crippen molar-refractivity contribution in [1.29, 1.82) is 0 Å². The van der Waals surface area contributed by atoms with E-state index in [2.05, 4.69) is 29.7 Å². The number of nitrogens with zero attached hydrogens (tertiary/aromatic N) is 1. The Balaban J connectivity index is 1.26. The van der Waals surface area contributed by atoms with Crippen LogP contribution in [0.15, 0.2) is 66.3 Å². The first-order valence-corrected chi connectivity index (χ1v) is 11.3. The van der Waals surface area contributed by atoms with Gasteiger partial charge < -0.3 is 15.5 Å². The molecule has 0 saturated carbocycles. The number of anilines is 1. The van der Waals surface area contributed by atoms with E-state index in [0.717, 1.165) is 22.0 Å². The van der Waals surface area contributed by atoms with Crippen LogP contribution in [0.5, 0.6) is 0 Å². The van der Waals surface area contributed by atoms with E-state index in [4.69, 9.17) is 0 Å². The molecule has 6 nitrogen and oxygen atoms in total. The molecule has 2 heterocycles. The molecule has 0 bridgehead atoms. The topological polar surface area (TPSA) is 78.5 Å². The highest BCUT2D eigenvalue weighted by atomic mass is 16.2. The molecule has 0 radical (unpaired) electrons. The number of hydrogen-bond donors (Lipinski definition) is 2. The van der Waals surface area contributed by atoms with E-state index < -0.39 is 12.0 Å². The lowest BCUT2D eigenvalue weighted by Gasteiger charge is -2.42. The maximum atomic E-state index is 13.1. The number of Topliss-reactive ketones (excluding diaryl/α,β-unsaturated/α-hetero) is 1. The minimum Gasteiger partial charge on any atom is -0.346 e. The summed E-state index contributed by atoms with van der Waals surface area (Å²) in [5.74, 6) is -0.470. The summed E-state index contributed by atoms with van der Waals surface area (Å²) in [5, 5.41) is 7.93. The van der Waals surface area contributed by atoms with Crippen LogP contribution in [0.25, 0.3) is 10.8 Å². The van der Waals surface area contributed by atoms with Crippen molar-refractivity contribution in [3.8, 4) is 0 Å². The standard InChI is InChI=1S/C26H27N3O3/c1-16-9-10-17(13-16)14-23-24(30)20-11-12-29(15-21(20)25(31)27-23)26(32)28-22-8-4-6-18-5-2-3-7-19(18)22/h2-10,13,16,20-21,23H,11-12,14-15H2,1H3,(H,27,31)(H,28,32)/t16?,20?,21?,23-/m0/s1. The highest BCUT2D eigenvalue weighted by Gasteiger charge is 2.46. The number of nitrogens with one attached hydrogen (secondary N) is 2. The number of carbonyl (C=O) groups excluding carboxylic acids is 3. The molecule has 3 amide bonds. The summed E-state index contributed by atoms with van der Waals surface area (Å²) in [7, 11) is 0. The molecule has 2 N–H and O–H groups in total. The molecule has 0 aromatic heterocycles. The zero-order valence-electron chi connectivity index (χ0n) is 18.1. The van der Waals surface area contributed by atoms with E-state index in [0.29, 0.717) is 25.3 Å². The van der Waals surface area contributed by atoms with Gasteiger partial charge in [-0.15, -0.1) is 0 Å². The summed E-state index contributed by atoms with van der Waals surface area (Å²) in [6.07, 6.45) is 7.32. The number of fused-ring (bicyclic) bond motifs is 2. The smallest absolute Gasteiger partial charge is 0.321 e. The third-order valence-corrected chi connectivity index (χ3v) is 6.82. The van der Waals surface area contributed by atoms with E-state index in [1.165, 1.54) is 0 Å². The molecular formula is C26H27N3O3. The predicted octanol–water partition coefficient (Wildman–Crippen LogP) is 3.90. The van der Waals surface area contributed by atoms with Gasteiger partial charge in [0.25, 0.3) is 0 Å². The first-order valence-electron chi connectivity index (χ1n) is 11.3. The van der Waals surface area contributed by atoms with Gasteiger partial charge in [-0.25, -0.2) is 4.79 Å². The number of urea groups is 1. The third kappa shape index (κ3) is 3.81. The lowest BCUT2D eigenvalue weighted by Crippen LogP contribution is -2.61. The predicted molar refractivity (Wildman–Crippen MR) is 124 cm³/mol. The van der Waals surface area contributed by atoms with Gasteiger partial charge in [0.15, 0.2) is 5.78 Å². The van der Waals surface area contributed by atoms with Crippen molar-refractivity contribution in [3.63, 3.8) is 0 Å². The maximum Gasteiger partial charge on any atom is 0.321 e. The van der Waals surface area contributed by atoms with Gasteiger partial charge in [0, 0.05) is 24.4 Å². The zero-order valence-corrected chi connectivity index (χ0v) is 18.1. The van der Waals surface area contributed by atoms with Crippen LogP contribution in [0.2, 0.25) is 0 Å². The van der Waals surface area contributed by atoms with Crippen LogP contribution in [0.4, 0.5) is 10.5 Å². The fourth-order valence-electron chi connectivity index (χ4n) is 5.13. The average Bonchev–Trinajstić information content (AvgIpc) is 3.21. The Morgan fingerprint density at radius 3 is 2.75 bits per heavy atom. The van der Waals surface area contributed by atoms with Crippen molar-refractivity contribution in [2.45, 2.75) is 25.8 Å². The summed E-state index contributed by atoms with van der Waals surface area (Å²) in [6.45, 7) is 2.81. The van der Waals surface area contributed by atoms with Gasteiger partial charge >= 0.3 is 6.03 Å². The molecule has 4 atom stereocenters. The van der Waals surface area contributed by atoms with Crippen LogP contribution in [0.3, 0.4) is 0 Å². The first-order chi connectivity index (χ1) is 15.5. The largest absolute Gasteiger partial charge is 0.346 e. The van der Waals surface area contributed by atoms with Crippen molar-refractivity contribution >= 4 is 34.2 Å². The van der Waals surface area contributed by atoms with Crippen LogP contribution < -0.4 is 10.6 Å². The molecule has 2 aliphatic heterocycles.